The van der Waals surface area contributed by atoms with E-state index in [4.69, 9.17) is 23.2 Å². The lowest BCUT2D eigenvalue weighted by Crippen LogP contribution is -2.09. The minimum Gasteiger partial charge on any atom is -0.299 e. The molecular formula is C17H16Cl2O. The maximum Gasteiger partial charge on any atom is 0.141 e. The molecule has 0 aliphatic heterocycles. The predicted octanol–water partition coefficient (Wildman–Crippen LogP) is 4.96. The van der Waals surface area contributed by atoms with Gasteiger partial charge in [-0.1, -0.05) is 47.5 Å². The first-order chi connectivity index (χ1) is 9.49. The van der Waals surface area contributed by atoms with E-state index in [0.29, 0.717) is 22.0 Å². The largest absolute Gasteiger partial charge is 0.299 e. The highest BCUT2D eigenvalue weighted by Crippen LogP contribution is 2.25. The molecule has 0 spiro atoms. The molecule has 2 aromatic carbocycles. The van der Waals surface area contributed by atoms with Crippen LogP contribution in [0.15, 0.2) is 36.4 Å². The summed E-state index contributed by atoms with van der Waals surface area (Å²) in [6, 6.07) is 11.4. The van der Waals surface area contributed by atoms with Crippen LogP contribution in [-0.4, -0.2) is 5.78 Å². The number of halogens is 2. The molecule has 0 N–H and O–H groups in total. The van der Waals surface area contributed by atoms with Crippen molar-refractivity contribution in [1.82, 2.24) is 0 Å². The zero-order valence-electron chi connectivity index (χ0n) is 11.5. The van der Waals surface area contributed by atoms with Crippen molar-refractivity contribution in [3.8, 4) is 0 Å². The van der Waals surface area contributed by atoms with Crippen LogP contribution in [0.4, 0.5) is 0 Å². The highest BCUT2D eigenvalue weighted by Gasteiger charge is 2.13. The Morgan fingerprint density at radius 1 is 0.850 bits per heavy atom. The highest BCUT2D eigenvalue weighted by atomic mass is 35.5. The normalized spacial score (nSPS) is 10.6. The summed E-state index contributed by atoms with van der Waals surface area (Å²) in [5.41, 5.74) is 4.10. The molecule has 0 bridgehead atoms. The lowest BCUT2D eigenvalue weighted by Gasteiger charge is -2.10. The van der Waals surface area contributed by atoms with Crippen molar-refractivity contribution in [3.05, 3.63) is 68.7 Å². The van der Waals surface area contributed by atoms with E-state index in [1.54, 1.807) is 18.2 Å². The molecule has 0 aromatic heterocycles. The quantitative estimate of drug-likeness (QED) is 0.780. The second-order valence-corrected chi connectivity index (χ2v) is 5.78. The minimum absolute atomic E-state index is 0.123. The van der Waals surface area contributed by atoms with Crippen LogP contribution in [0.1, 0.15) is 22.3 Å². The fourth-order valence-corrected chi connectivity index (χ4v) is 2.82. The topological polar surface area (TPSA) is 17.1 Å². The van der Waals surface area contributed by atoms with Gasteiger partial charge in [0.25, 0.3) is 0 Å². The van der Waals surface area contributed by atoms with Gasteiger partial charge in [0.15, 0.2) is 0 Å². The molecule has 0 saturated heterocycles. The number of Topliss-reactive ketones (excluding diaryl/α,β-unsaturated/α-hetero) is 1. The number of ketones is 1. The molecule has 0 unspecified atom stereocenters. The zero-order chi connectivity index (χ0) is 14.7. The Bertz CT molecular complexity index is 551. The zero-order valence-corrected chi connectivity index (χ0v) is 13.1. The Hall–Kier alpha value is -1.31. The molecule has 0 saturated carbocycles. The number of hydrogen-bond donors (Lipinski definition) is 0. The van der Waals surface area contributed by atoms with Crippen LogP contribution in [0.2, 0.25) is 10.0 Å². The van der Waals surface area contributed by atoms with Crippen LogP contribution in [0.25, 0.3) is 0 Å². The van der Waals surface area contributed by atoms with Crippen LogP contribution < -0.4 is 0 Å². The molecule has 0 amide bonds. The fraction of sp³-hybridized carbons (Fsp3) is 0.235. The van der Waals surface area contributed by atoms with Gasteiger partial charge in [-0.25, -0.2) is 0 Å². The van der Waals surface area contributed by atoms with Crippen LogP contribution in [0.3, 0.4) is 0 Å². The summed E-state index contributed by atoms with van der Waals surface area (Å²) in [5.74, 6) is 0.123. The standard InChI is InChI=1S/C17H16Cl2O/c1-11-5-3-6-12(2)14(11)9-13(20)10-15-16(18)7-4-8-17(15)19/h3-8H,9-10H2,1-2H3. The first-order valence-electron chi connectivity index (χ1n) is 6.48. The summed E-state index contributed by atoms with van der Waals surface area (Å²) >= 11 is 12.2. The average Bonchev–Trinajstić information content (AvgIpc) is 2.39. The van der Waals surface area contributed by atoms with Gasteiger partial charge in [-0.2, -0.15) is 0 Å². The Labute approximate surface area is 129 Å². The summed E-state index contributed by atoms with van der Waals surface area (Å²) in [6.45, 7) is 4.05. The van der Waals surface area contributed by atoms with E-state index in [-0.39, 0.29) is 12.2 Å². The van der Waals surface area contributed by atoms with Gasteiger partial charge in [0, 0.05) is 22.9 Å². The van der Waals surface area contributed by atoms with Crippen LogP contribution >= 0.6 is 23.2 Å². The van der Waals surface area contributed by atoms with Gasteiger partial charge in [0.05, 0.1) is 0 Å². The summed E-state index contributed by atoms with van der Waals surface area (Å²) in [6.07, 6.45) is 0.687. The molecule has 0 fully saturated rings. The number of rotatable bonds is 4. The van der Waals surface area contributed by atoms with E-state index in [0.717, 1.165) is 16.7 Å². The Morgan fingerprint density at radius 3 is 1.85 bits per heavy atom. The van der Waals surface area contributed by atoms with Crippen molar-refractivity contribution < 1.29 is 4.79 Å². The lowest BCUT2D eigenvalue weighted by atomic mass is 9.96. The maximum absolute atomic E-state index is 12.3. The molecule has 0 radical (unpaired) electrons. The first-order valence-corrected chi connectivity index (χ1v) is 7.24. The van der Waals surface area contributed by atoms with Crippen LogP contribution in [0.5, 0.6) is 0 Å². The van der Waals surface area contributed by atoms with Gasteiger partial charge < -0.3 is 0 Å². The smallest absolute Gasteiger partial charge is 0.141 e. The fourth-order valence-electron chi connectivity index (χ4n) is 2.29. The van der Waals surface area contributed by atoms with Gasteiger partial charge in [0.1, 0.15) is 5.78 Å². The van der Waals surface area contributed by atoms with E-state index in [1.165, 1.54) is 0 Å². The molecule has 0 aliphatic carbocycles. The van der Waals surface area contributed by atoms with Crippen molar-refractivity contribution in [2.45, 2.75) is 26.7 Å². The number of carbonyl (C=O) groups is 1. The van der Waals surface area contributed by atoms with Crippen LogP contribution in [-0.2, 0) is 17.6 Å². The van der Waals surface area contributed by atoms with Crippen LogP contribution in [0, 0.1) is 13.8 Å². The van der Waals surface area contributed by atoms with Crippen molar-refractivity contribution in [2.24, 2.45) is 0 Å². The molecule has 0 heterocycles. The van der Waals surface area contributed by atoms with E-state index >= 15 is 0 Å². The minimum atomic E-state index is 0.123. The Kier molecular flexibility index (Phi) is 4.85. The predicted molar refractivity (Wildman–Crippen MR) is 84.8 cm³/mol. The van der Waals surface area contributed by atoms with Crippen molar-refractivity contribution in [3.63, 3.8) is 0 Å². The molecule has 104 valence electrons. The number of hydrogen-bond acceptors (Lipinski definition) is 1. The second-order valence-electron chi connectivity index (χ2n) is 4.96. The van der Waals surface area contributed by atoms with Crippen molar-refractivity contribution in [2.75, 3.05) is 0 Å². The average molecular weight is 307 g/mol. The number of aryl methyl sites for hydroxylation is 2. The number of carbonyl (C=O) groups excluding carboxylic acids is 1. The monoisotopic (exact) mass is 306 g/mol. The molecule has 2 aromatic rings. The molecule has 0 aliphatic rings. The van der Waals surface area contributed by atoms with Gasteiger partial charge >= 0.3 is 0 Å². The molecule has 20 heavy (non-hydrogen) atoms. The SMILES string of the molecule is Cc1cccc(C)c1CC(=O)Cc1c(Cl)cccc1Cl. The third-order valence-corrected chi connectivity index (χ3v) is 4.16. The lowest BCUT2D eigenvalue weighted by molar-refractivity contribution is -0.117. The van der Waals surface area contributed by atoms with E-state index < -0.39 is 0 Å². The van der Waals surface area contributed by atoms with Crippen molar-refractivity contribution in [1.29, 1.82) is 0 Å². The summed E-state index contributed by atoms with van der Waals surface area (Å²) in [4.78, 5) is 12.3. The third-order valence-electron chi connectivity index (χ3n) is 3.45. The van der Waals surface area contributed by atoms with E-state index in [9.17, 15) is 4.79 Å². The summed E-state index contributed by atoms with van der Waals surface area (Å²) < 4.78 is 0. The summed E-state index contributed by atoms with van der Waals surface area (Å²) in [7, 11) is 0. The first kappa shape index (κ1) is 15.1. The molecule has 2 rings (SSSR count). The summed E-state index contributed by atoms with van der Waals surface area (Å²) in [5, 5.41) is 1.10. The highest BCUT2D eigenvalue weighted by molar-refractivity contribution is 6.36. The Balaban J connectivity index is 2.18. The Morgan fingerprint density at radius 2 is 1.30 bits per heavy atom. The molecule has 3 heteroatoms. The van der Waals surface area contributed by atoms with Crippen molar-refractivity contribution >= 4 is 29.0 Å². The maximum atomic E-state index is 12.3. The van der Waals surface area contributed by atoms with Gasteiger partial charge in [0.2, 0.25) is 0 Å². The van der Waals surface area contributed by atoms with E-state index in [2.05, 4.69) is 0 Å². The molecular weight excluding hydrogens is 291 g/mol. The van der Waals surface area contributed by atoms with Gasteiger partial charge in [-0.3, -0.25) is 4.79 Å². The second kappa shape index (κ2) is 6.43. The molecule has 0 atom stereocenters. The number of benzene rings is 2. The molecule has 1 nitrogen and oxygen atoms in total. The third kappa shape index (κ3) is 3.41. The van der Waals surface area contributed by atoms with E-state index in [1.807, 2.05) is 32.0 Å². The van der Waals surface area contributed by atoms with Gasteiger partial charge in [-0.15, -0.1) is 0 Å². The van der Waals surface area contributed by atoms with Gasteiger partial charge in [-0.05, 0) is 48.2 Å².